The van der Waals surface area contributed by atoms with Crippen LogP contribution in [0.1, 0.15) is 12.5 Å². The van der Waals surface area contributed by atoms with Gasteiger partial charge in [-0.15, -0.1) is 0 Å². The fourth-order valence-electron chi connectivity index (χ4n) is 1.29. The van der Waals surface area contributed by atoms with Gasteiger partial charge in [0, 0.05) is 0 Å². The van der Waals surface area contributed by atoms with Crippen LogP contribution >= 0.6 is 23.2 Å². The number of likely N-dealkylation sites (N-methyl/N-ethyl adjacent to an activating group) is 1. The molecule has 1 N–H and O–H groups in total. The van der Waals surface area contributed by atoms with Crippen molar-refractivity contribution >= 4 is 29.3 Å². The Kier molecular flexibility index (Phi) is 4.65. The summed E-state index contributed by atoms with van der Waals surface area (Å²) in [5.41, 5.74) is 1.13. The van der Waals surface area contributed by atoms with Crippen molar-refractivity contribution in [3.05, 3.63) is 42.0 Å². The standard InChI is InChI=1S/C12H15Cl2N/c1-12(13,14)11(15-2)9-8-10-6-4-3-5-7-10/h3-9,11,15H,1-2H3/b9-8+. The van der Waals surface area contributed by atoms with Crippen molar-refractivity contribution in [2.24, 2.45) is 0 Å². The highest BCUT2D eigenvalue weighted by molar-refractivity contribution is 6.48. The quantitative estimate of drug-likeness (QED) is 0.799. The van der Waals surface area contributed by atoms with Crippen molar-refractivity contribution in [3.8, 4) is 0 Å². The lowest BCUT2D eigenvalue weighted by atomic mass is 10.1. The monoisotopic (exact) mass is 243 g/mol. The van der Waals surface area contributed by atoms with Crippen LogP contribution in [0.25, 0.3) is 6.08 Å². The van der Waals surface area contributed by atoms with Crippen LogP contribution in [0.2, 0.25) is 0 Å². The van der Waals surface area contributed by atoms with Gasteiger partial charge in [0.1, 0.15) is 4.33 Å². The molecule has 3 heteroatoms. The maximum Gasteiger partial charge on any atom is 0.134 e. The van der Waals surface area contributed by atoms with E-state index in [-0.39, 0.29) is 6.04 Å². The summed E-state index contributed by atoms with van der Waals surface area (Å²) in [7, 11) is 1.84. The highest BCUT2D eigenvalue weighted by Gasteiger charge is 2.25. The van der Waals surface area contributed by atoms with Gasteiger partial charge in [-0.05, 0) is 19.5 Å². The second kappa shape index (κ2) is 5.55. The summed E-state index contributed by atoms with van der Waals surface area (Å²) >= 11 is 12.0. The minimum atomic E-state index is -0.806. The van der Waals surface area contributed by atoms with E-state index in [2.05, 4.69) is 5.32 Å². The van der Waals surface area contributed by atoms with E-state index in [1.165, 1.54) is 0 Å². The van der Waals surface area contributed by atoms with Gasteiger partial charge in [0.15, 0.2) is 0 Å². The van der Waals surface area contributed by atoms with Crippen molar-refractivity contribution in [2.75, 3.05) is 7.05 Å². The Morgan fingerprint density at radius 1 is 1.27 bits per heavy atom. The molecule has 0 aliphatic heterocycles. The van der Waals surface area contributed by atoms with E-state index >= 15 is 0 Å². The molecule has 0 aromatic heterocycles. The van der Waals surface area contributed by atoms with E-state index in [0.717, 1.165) is 5.56 Å². The predicted molar refractivity (Wildman–Crippen MR) is 68.4 cm³/mol. The Morgan fingerprint density at radius 3 is 2.33 bits per heavy atom. The summed E-state index contributed by atoms with van der Waals surface area (Å²) in [4.78, 5) is 0. The normalized spacial score (nSPS) is 14.4. The first kappa shape index (κ1) is 12.6. The molecule has 0 amide bonds. The molecule has 0 aliphatic carbocycles. The Balaban J connectivity index is 2.72. The fraction of sp³-hybridized carbons (Fsp3) is 0.333. The van der Waals surface area contributed by atoms with Gasteiger partial charge in [-0.25, -0.2) is 0 Å². The van der Waals surface area contributed by atoms with Crippen LogP contribution in [0.4, 0.5) is 0 Å². The number of benzene rings is 1. The Labute approximate surface area is 101 Å². The molecular weight excluding hydrogens is 229 g/mol. The van der Waals surface area contributed by atoms with Crippen molar-refractivity contribution in [2.45, 2.75) is 17.3 Å². The zero-order valence-electron chi connectivity index (χ0n) is 8.87. The van der Waals surface area contributed by atoms with Gasteiger partial charge in [-0.2, -0.15) is 0 Å². The van der Waals surface area contributed by atoms with Crippen LogP contribution in [-0.2, 0) is 0 Å². The van der Waals surface area contributed by atoms with E-state index in [9.17, 15) is 0 Å². The van der Waals surface area contributed by atoms with Crippen molar-refractivity contribution in [1.29, 1.82) is 0 Å². The lowest BCUT2D eigenvalue weighted by molar-refractivity contribution is 0.617. The first-order valence-electron chi connectivity index (χ1n) is 4.82. The minimum absolute atomic E-state index is 0.0685. The van der Waals surface area contributed by atoms with Gasteiger partial charge in [0.25, 0.3) is 0 Å². The molecule has 1 aromatic rings. The molecule has 1 nitrogen and oxygen atoms in total. The summed E-state index contributed by atoms with van der Waals surface area (Å²) in [5.74, 6) is 0. The minimum Gasteiger partial charge on any atom is -0.311 e. The number of hydrogen-bond donors (Lipinski definition) is 1. The van der Waals surface area contributed by atoms with E-state index in [1.54, 1.807) is 6.92 Å². The number of halogens is 2. The Morgan fingerprint density at radius 2 is 1.87 bits per heavy atom. The number of nitrogens with one attached hydrogen (secondary N) is 1. The summed E-state index contributed by atoms with van der Waals surface area (Å²) in [6, 6.07) is 9.97. The lowest BCUT2D eigenvalue weighted by Gasteiger charge is -2.22. The first-order chi connectivity index (χ1) is 7.04. The molecule has 0 bridgehead atoms. The van der Waals surface area contributed by atoms with Gasteiger partial charge in [0.05, 0.1) is 6.04 Å². The third-order valence-corrected chi connectivity index (χ3v) is 2.61. The highest BCUT2D eigenvalue weighted by atomic mass is 35.5. The molecule has 15 heavy (non-hydrogen) atoms. The SMILES string of the molecule is CNC(/C=C/c1ccccc1)C(C)(Cl)Cl. The smallest absolute Gasteiger partial charge is 0.134 e. The molecule has 1 aromatic carbocycles. The average Bonchev–Trinajstić information content (AvgIpc) is 2.18. The predicted octanol–water partition coefficient (Wildman–Crippen LogP) is 3.48. The van der Waals surface area contributed by atoms with Crippen LogP contribution in [-0.4, -0.2) is 17.4 Å². The van der Waals surface area contributed by atoms with E-state index in [4.69, 9.17) is 23.2 Å². The molecule has 1 rings (SSSR count). The molecule has 0 radical (unpaired) electrons. The average molecular weight is 244 g/mol. The van der Waals surface area contributed by atoms with Crippen LogP contribution < -0.4 is 5.32 Å². The van der Waals surface area contributed by atoms with Crippen molar-refractivity contribution in [3.63, 3.8) is 0 Å². The second-order valence-corrected chi connectivity index (χ2v) is 5.26. The first-order valence-corrected chi connectivity index (χ1v) is 5.58. The maximum absolute atomic E-state index is 6.02. The van der Waals surface area contributed by atoms with Gasteiger partial charge in [0.2, 0.25) is 0 Å². The fourth-order valence-corrected chi connectivity index (χ4v) is 1.65. The van der Waals surface area contributed by atoms with Gasteiger partial charge >= 0.3 is 0 Å². The molecule has 0 heterocycles. The molecule has 1 unspecified atom stereocenters. The number of rotatable bonds is 4. The van der Waals surface area contributed by atoms with E-state index < -0.39 is 4.33 Å². The molecule has 0 saturated carbocycles. The van der Waals surface area contributed by atoms with Crippen LogP contribution in [0.3, 0.4) is 0 Å². The van der Waals surface area contributed by atoms with Gasteiger partial charge < -0.3 is 5.32 Å². The molecule has 0 aliphatic rings. The molecular formula is C12H15Cl2N. The van der Waals surface area contributed by atoms with Gasteiger partial charge in [-0.3, -0.25) is 0 Å². The molecule has 1 atom stereocenters. The number of hydrogen-bond acceptors (Lipinski definition) is 1. The highest BCUT2D eigenvalue weighted by Crippen LogP contribution is 2.25. The molecule has 82 valence electrons. The largest absolute Gasteiger partial charge is 0.311 e. The summed E-state index contributed by atoms with van der Waals surface area (Å²) in [5, 5.41) is 3.06. The maximum atomic E-state index is 6.02. The molecule has 0 saturated heterocycles. The Bertz CT molecular complexity index is 314. The van der Waals surface area contributed by atoms with E-state index in [0.29, 0.717) is 0 Å². The second-order valence-electron chi connectivity index (χ2n) is 3.49. The summed E-state index contributed by atoms with van der Waals surface area (Å²) in [6.07, 6.45) is 3.97. The van der Waals surface area contributed by atoms with E-state index in [1.807, 2.05) is 49.5 Å². The third-order valence-electron chi connectivity index (χ3n) is 2.14. The summed E-state index contributed by atoms with van der Waals surface area (Å²) in [6.45, 7) is 1.77. The summed E-state index contributed by atoms with van der Waals surface area (Å²) < 4.78 is -0.806. The van der Waals surface area contributed by atoms with Crippen LogP contribution in [0, 0.1) is 0 Å². The molecule has 0 fully saturated rings. The van der Waals surface area contributed by atoms with Gasteiger partial charge in [-0.1, -0.05) is 65.7 Å². The lowest BCUT2D eigenvalue weighted by Crippen LogP contribution is -2.37. The molecule has 0 spiro atoms. The van der Waals surface area contributed by atoms with Crippen molar-refractivity contribution in [1.82, 2.24) is 5.32 Å². The Hall–Kier alpha value is -0.500. The van der Waals surface area contributed by atoms with Crippen LogP contribution in [0.5, 0.6) is 0 Å². The topological polar surface area (TPSA) is 12.0 Å². The zero-order valence-corrected chi connectivity index (χ0v) is 10.4. The zero-order chi connectivity index (χ0) is 11.3. The van der Waals surface area contributed by atoms with Crippen LogP contribution in [0.15, 0.2) is 36.4 Å². The van der Waals surface area contributed by atoms with Crippen molar-refractivity contribution < 1.29 is 0 Å². The number of alkyl halides is 2. The third kappa shape index (κ3) is 4.25.